The van der Waals surface area contributed by atoms with Crippen LogP contribution in [0.3, 0.4) is 0 Å². The molecule has 3 N–H and O–H groups in total. The van der Waals surface area contributed by atoms with Gasteiger partial charge in [0, 0.05) is 42.5 Å². The van der Waals surface area contributed by atoms with E-state index in [4.69, 9.17) is 42.6 Å². The number of fused-ring (bicyclic) bond motifs is 1. The summed E-state index contributed by atoms with van der Waals surface area (Å²) in [5, 5.41) is 35.8. The molecule has 4 saturated heterocycles. The predicted octanol–water partition coefficient (Wildman–Crippen LogP) is 5.42. The summed E-state index contributed by atoms with van der Waals surface area (Å²) in [6.45, 7) is 19.2. The van der Waals surface area contributed by atoms with Crippen LogP contribution in [0.2, 0.25) is 0 Å². The summed E-state index contributed by atoms with van der Waals surface area (Å²) < 4.78 is 59.5. The topological polar surface area (TPSA) is 224 Å². The molecule has 71 heavy (non-hydrogen) atoms. The fourth-order valence-electron chi connectivity index (χ4n) is 11.1. The number of cyclic esters (lactones) is 1. The lowest BCUT2D eigenvalue weighted by molar-refractivity contribution is -0.317. The number of alkyl carbamates (subject to hydrolysis) is 1. The highest BCUT2D eigenvalue weighted by Crippen LogP contribution is 2.42. The van der Waals surface area contributed by atoms with Crippen molar-refractivity contribution in [3.63, 3.8) is 0 Å². The number of rotatable bonds is 12. The number of aliphatic hydroxyl groups excluding tert-OH is 1. The summed E-state index contributed by atoms with van der Waals surface area (Å²) in [6.07, 6.45) is -7.97. The molecular formula is C50H79BrN6O14. The van der Waals surface area contributed by atoms with E-state index < -0.39 is 102 Å². The summed E-state index contributed by atoms with van der Waals surface area (Å²) in [5.74, 6) is -2.71. The Labute approximate surface area is 427 Å². The van der Waals surface area contributed by atoms with Gasteiger partial charge in [0.2, 0.25) is 0 Å². The Balaban J connectivity index is 1.28. The van der Waals surface area contributed by atoms with Crippen molar-refractivity contribution in [3.05, 3.63) is 46.2 Å². The van der Waals surface area contributed by atoms with Gasteiger partial charge in [-0.1, -0.05) is 54.0 Å². The molecule has 0 bridgehead atoms. The lowest BCUT2D eigenvalue weighted by Gasteiger charge is -2.49. The molecule has 2 aromatic rings. The summed E-state index contributed by atoms with van der Waals surface area (Å²) in [6, 6.07) is 7.17. The third kappa shape index (κ3) is 13.2. The molecule has 0 spiro atoms. The molecule has 4 aliphatic rings. The molecule has 400 valence electrons. The van der Waals surface area contributed by atoms with Crippen LogP contribution in [0.4, 0.5) is 9.59 Å². The van der Waals surface area contributed by atoms with Crippen LogP contribution in [0.15, 0.2) is 34.9 Å². The predicted molar refractivity (Wildman–Crippen MR) is 262 cm³/mol. The second-order valence-electron chi connectivity index (χ2n) is 21.3. The number of hydrogen-bond acceptors (Lipinski definition) is 18. The van der Waals surface area contributed by atoms with Crippen molar-refractivity contribution < 1.29 is 67.2 Å². The van der Waals surface area contributed by atoms with E-state index in [1.165, 1.54) is 7.11 Å². The van der Waals surface area contributed by atoms with Gasteiger partial charge in [0.25, 0.3) is 0 Å². The zero-order valence-corrected chi connectivity index (χ0v) is 45.5. The zero-order chi connectivity index (χ0) is 52.3. The van der Waals surface area contributed by atoms with E-state index in [0.717, 1.165) is 10.0 Å². The Morgan fingerprint density at radius 3 is 2.34 bits per heavy atom. The van der Waals surface area contributed by atoms with Crippen molar-refractivity contribution in [2.75, 3.05) is 34.8 Å². The van der Waals surface area contributed by atoms with Crippen LogP contribution in [-0.2, 0) is 60.5 Å². The third-order valence-electron chi connectivity index (χ3n) is 15.1. The quantitative estimate of drug-likeness (QED) is 0.178. The van der Waals surface area contributed by atoms with Crippen LogP contribution >= 0.6 is 15.9 Å². The van der Waals surface area contributed by atoms with Crippen molar-refractivity contribution in [3.8, 4) is 0 Å². The van der Waals surface area contributed by atoms with Crippen molar-refractivity contribution in [1.29, 1.82) is 0 Å². The number of nitrogens with one attached hydrogen (secondary N) is 1. The van der Waals surface area contributed by atoms with Gasteiger partial charge in [0.05, 0.1) is 55.2 Å². The van der Waals surface area contributed by atoms with Crippen molar-refractivity contribution in [2.24, 2.45) is 17.8 Å². The van der Waals surface area contributed by atoms with Crippen LogP contribution in [0.25, 0.3) is 0 Å². The monoisotopic (exact) mass is 1070 g/mol. The maximum absolute atomic E-state index is 14.8. The van der Waals surface area contributed by atoms with Gasteiger partial charge in [-0.3, -0.25) is 9.69 Å². The van der Waals surface area contributed by atoms with Crippen molar-refractivity contribution >= 4 is 34.1 Å². The Bertz CT molecular complexity index is 2100. The smallest absolute Gasteiger partial charge is 0.458 e. The number of aromatic nitrogens is 3. The molecule has 1 aromatic heterocycles. The SMILES string of the molecule is CC[C@H]1OC(=O)[C@H](C)[C@@H](O[C@H]2C[C@@](C)(OC)[C@@H](OC(=O)NCc3cn(Cc4ccc(Br)cc4)nn3)[C@H](C)O2)[C@H](C)[C@@H](O[C@@H]2O[C@H](C)C[C@H](N(C)C)[C@H]2O)[C@](C)(O)C[C@@H](C)CN(C)[C@H](C)[C@H]2OC(=O)O[C@@]21C. The highest BCUT2D eigenvalue weighted by Gasteiger charge is 2.58. The molecular weight excluding hydrogens is 988 g/mol. The molecule has 5 heterocycles. The molecule has 0 unspecified atom stereocenters. The average Bonchev–Trinajstić information content (AvgIpc) is 3.89. The lowest BCUT2D eigenvalue weighted by atomic mass is 9.77. The first kappa shape index (κ1) is 56.8. The third-order valence-corrected chi connectivity index (χ3v) is 15.6. The molecule has 0 saturated carbocycles. The van der Waals surface area contributed by atoms with Crippen LogP contribution in [-0.4, -0.2) is 178 Å². The van der Waals surface area contributed by atoms with Gasteiger partial charge in [0.1, 0.15) is 23.5 Å². The molecule has 6 rings (SSSR count). The van der Waals surface area contributed by atoms with Gasteiger partial charge < -0.3 is 63.1 Å². The van der Waals surface area contributed by atoms with Crippen molar-refractivity contribution in [2.45, 2.75) is 198 Å². The molecule has 20 nitrogen and oxygen atoms in total. The van der Waals surface area contributed by atoms with Gasteiger partial charge >= 0.3 is 18.2 Å². The number of nitrogens with zero attached hydrogens (tertiary/aromatic N) is 5. The summed E-state index contributed by atoms with van der Waals surface area (Å²) in [7, 11) is 7.19. The van der Waals surface area contributed by atoms with E-state index in [9.17, 15) is 24.6 Å². The maximum atomic E-state index is 14.8. The fraction of sp³-hybridized carbons (Fsp3) is 0.780. The number of benzene rings is 1. The molecule has 1 amide bonds. The molecule has 18 atom stereocenters. The van der Waals surface area contributed by atoms with Gasteiger partial charge in [0.15, 0.2) is 30.4 Å². The van der Waals surface area contributed by atoms with E-state index in [-0.39, 0.29) is 49.9 Å². The minimum atomic E-state index is -1.61. The van der Waals surface area contributed by atoms with Crippen molar-refractivity contribution in [1.82, 2.24) is 30.1 Å². The highest BCUT2D eigenvalue weighted by molar-refractivity contribution is 9.10. The standard InChI is InChI=1S/C50H79BrN6O14/c1-15-37-50(10)42(70-47(61)71-50)31(6)56(13)24-27(2)21-48(8,62)41(68-45-39(58)36(55(11)12)20-28(3)64-45)29(4)40(30(5)44(59)66-37)67-38-22-49(9,63-14)43(32(7)65-38)69-46(60)52-23-35-26-57(54-53-35)25-33-16-18-34(51)19-17-33/h16-19,26-32,36-43,45,58,62H,15,20-25H2,1-14H3,(H,52,60)/t27-,28-,29+,30-,31-,32+,36+,37-,38+,39-,40+,41-,42-,43+,45+,48-,49-,50-/m1/s1. The Morgan fingerprint density at radius 1 is 1.00 bits per heavy atom. The fourth-order valence-corrected chi connectivity index (χ4v) is 11.4. The zero-order valence-electron chi connectivity index (χ0n) is 43.9. The Hall–Kier alpha value is -3.51. The number of methoxy groups -OCH3 is 1. The van der Waals surface area contributed by atoms with Crippen LogP contribution < -0.4 is 5.32 Å². The average molecular weight is 1070 g/mol. The van der Waals surface area contributed by atoms with Crippen LogP contribution in [0.1, 0.15) is 106 Å². The van der Waals surface area contributed by atoms with E-state index in [2.05, 4.69) is 31.6 Å². The second kappa shape index (κ2) is 23.4. The molecule has 0 radical (unpaired) electrons. The molecule has 1 aromatic carbocycles. The first-order valence-electron chi connectivity index (χ1n) is 24.9. The maximum Gasteiger partial charge on any atom is 0.509 e. The lowest BCUT2D eigenvalue weighted by Crippen LogP contribution is -2.61. The summed E-state index contributed by atoms with van der Waals surface area (Å²) >= 11 is 3.45. The first-order valence-corrected chi connectivity index (χ1v) is 25.7. The second-order valence-corrected chi connectivity index (χ2v) is 22.3. The van der Waals surface area contributed by atoms with Gasteiger partial charge in [-0.25, -0.2) is 14.3 Å². The number of carbonyl (C=O) groups excluding carboxylic acids is 3. The first-order chi connectivity index (χ1) is 33.3. The largest absolute Gasteiger partial charge is 0.509 e. The van der Waals surface area contributed by atoms with E-state index in [1.807, 2.05) is 89.8 Å². The number of hydrogen-bond donors (Lipinski definition) is 3. The molecule has 4 aliphatic heterocycles. The van der Waals surface area contributed by atoms with Crippen LogP contribution in [0.5, 0.6) is 0 Å². The Kier molecular flexibility index (Phi) is 18.7. The number of aliphatic hydroxyl groups is 2. The van der Waals surface area contributed by atoms with Gasteiger partial charge in [-0.2, -0.15) is 0 Å². The van der Waals surface area contributed by atoms with Gasteiger partial charge in [-0.15, -0.1) is 5.10 Å². The normalized spacial score (nSPS) is 39.9. The van der Waals surface area contributed by atoms with Gasteiger partial charge in [-0.05, 0) is 112 Å². The number of ether oxygens (including phenoxy) is 9. The minimum absolute atomic E-state index is 0.0431. The molecule has 0 aliphatic carbocycles. The molecule has 4 fully saturated rings. The number of esters is 1. The number of likely N-dealkylation sites (N-methyl/N-ethyl adjacent to an activating group) is 2. The Morgan fingerprint density at radius 2 is 1.69 bits per heavy atom. The summed E-state index contributed by atoms with van der Waals surface area (Å²) in [4.78, 5) is 45.1. The van der Waals surface area contributed by atoms with E-state index in [0.29, 0.717) is 25.2 Å². The number of carbonyl (C=O) groups is 3. The van der Waals surface area contributed by atoms with E-state index >= 15 is 0 Å². The number of halogens is 1. The highest BCUT2D eigenvalue weighted by atomic mass is 79.9. The molecule has 21 heteroatoms. The summed E-state index contributed by atoms with van der Waals surface area (Å²) in [5.41, 5.74) is -2.57. The van der Waals surface area contributed by atoms with E-state index in [1.54, 1.807) is 45.5 Å². The number of amides is 1. The minimum Gasteiger partial charge on any atom is -0.458 e. The van der Waals surface area contributed by atoms with Crippen LogP contribution in [0, 0.1) is 17.8 Å².